The number of rotatable bonds is 3. The summed E-state index contributed by atoms with van der Waals surface area (Å²) in [6.45, 7) is 2.51. The highest BCUT2D eigenvalue weighted by Gasteiger charge is 2.15. The van der Waals surface area contributed by atoms with E-state index >= 15 is 0 Å². The lowest BCUT2D eigenvalue weighted by molar-refractivity contribution is -0.122. The molecular weight excluding hydrogens is 260 g/mol. The van der Waals surface area contributed by atoms with Gasteiger partial charge in [-0.2, -0.15) is 0 Å². The molecule has 2 aromatic rings. The Morgan fingerprint density at radius 2 is 1.95 bits per heavy atom. The van der Waals surface area contributed by atoms with E-state index in [1.807, 2.05) is 10.8 Å². The third kappa shape index (κ3) is 3.46. The Labute approximate surface area is 126 Å². The van der Waals surface area contributed by atoms with Gasteiger partial charge in [-0.25, -0.2) is 0 Å². The number of carbonyl (C=O) groups is 1. The predicted molar refractivity (Wildman–Crippen MR) is 86.3 cm³/mol. The second-order valence-corrected chi connectivity index (χ2v) is 6.26. The molecule has 3 heteroatoms. The summed E-state index contributed by atoms with van der Waals surface area (Å²) in [6.07, 6.45) is 9.40. The van der Waals surface area contributed by atoms with Gasteiger partial charge in [0.05, 0.1) is 0 Å². The summed E-state index contributed by atoms with van der Waals surface area (Å²) in [5, 5.41) is 4.41. The van der Waals surface area contributed by atoms with Gasteiger partial charge in [0.1, 0.15) is 6.54 Å². The number of benzene rings is 1. The number of amides is 1. The van der Waals surface area contributed by atoms with Gasteiger partial charge in [-0.05, 0) is 42.8 Å². The van der Waals surface area contributed by atoms with Crippen LogP contribution in [0.1, 0.15) is 44.1 Å². The van der Waals surface area contributed by atoms with Crippen LogP contribution in [-0.4, -0.2) is 16.5 Å². The molecule has 112 valence electrons. The number of aromatic nitrogens is 1. The fraction of sp³-hybridized carbons (Fsp3) is 0.500. The molecule has 1 N–H and O–H groups in total. The van der Waals surface area contributed by atoms with Crippen molar-refractivity contribution in [2.45, 2.75) is 58.0 Å². The average molecular weight is 284 g/mol. The van der Waals surface area contributed by atoms with Crippen LogP contribution in [0.2, 0.25) is 0 Å². The fourth-order valence-corrected chi connectivity index (χ4v) is 3.28. The number of fused-ring (bicyclic) bond motifs is 1. The zero-order valence-electron chi connectivity index (χ0n) is 12.8. The van der Waals surface area contributed by atoms with E-state index in [2.05, 4.69) is 36.5 Å². The van der Waals surface area contributed by atoms with Crippen LogP contribution >= 0.6 is 0 Å². The van der Waals surface area contributed by atoms with E-state index in [1.54, 1.807) is 0 Å². The highest BCUT2D eigenvalue weighted by Crippen LogP contribution is 2.19. The van der Waals surface area contributed by atoms with Crippen molar-refractivity contribution in [2.24, 2.45) is 0 Å². The third-order valence-corrected chi connectivity index (χ3v) is 4.46. The number of hydrogen-bond donors (Lipinski definition) is 1. The molecule has 1 aliphatic rings. The monoisotopic (exact) mass is 284 g/mol. The minimum atomic E-state index is 0.140. The topological polar surface area (TPSA) is 34.0 Å². The van der Waals surface area contributed by atoms with Crippen LogP contribution in [0.15, 0.2) is 30.5 Å². The highest BCUT2D eigenvalue weighted by atomic mass is 16.2. The van der Waals surface area contributed by atoms with Gasteiger partial charge in [0.2, 0.25) is 5.91 Å². The van der Waals surface area contributed by atoms with Crippen LogP contribution < -0.4 is 5.32 Å². The molecule has 0 spiro atoms. The van der Waals surface area contributed by atoms with E-state index in [0.717, 1.165) is 18.4 Å². The first-order chi connectivity index (χ1) is 10.2. The van der Waals surface area contributed by atoms with Gasteiger partial charge in [-0.3, -0.25) is 4.79 Å². The molecule has 1 saturated carbocycles. The Kier molecular flexibility index (Phi) is 4.28. The van der Waals surface area contributed by atoms with Crippen molar-refractivity contribution in [3.8, 4) is 0 Å². The van der Waals surface area contributed by atoms with Crippen LogP contribution in [0.25, 0.3) is 10.9 Å². The van der Waals surface area contributed by atoms with E-state index in [9.17, 15) is 4.79 Å². The Balaban J connectivity index is 1.67. The molecule has 0 bridgehead atoms. The minimum absolute atomic E-state index is 0.140. The maximum absolute atomic E-state index is 12.3. The first-order valence-electron chi connectivity index (χ1n) is 8.07. The number of aryl methyl sites for hydroxylation is 1. The molecule has 0 aliphatic heterocycles. The number of nitrogens with one attached hydrogen (secondary N) is 1. The maximum Gasteiger partial charge on any atom is 0.240 e. The second-order valence-electron chi connectivity index (χ2n) is 6.26. The fourth-order valence-electron chi connectivity index (χ4n) is 3.28. The Morgan fingerprint density at radius 1 is 1.19 bits per heavy atom. The minimum Gasteiger partial charge on any atom is -0.352 e. The molecule has 1 aromatic carbocycles. The second kappa shape index (κ2) is 6.33. The van der Waals surface area contributed by atoms with Crippen molar-refractivity contribution in [2.75, 3.05) is 0 Å². The third-order valence-electron chi connectivity index (χ3n) is 4.46. The Hall–Kier alpha value is -1.77. The summed E-state index contributed by atoms with van der Waals surface area (Å²) in [6, 6.07) is 8.83. The molecule has 1 heterocycles. The summed E-state index contributed by atoms with van der Waals surface area (Å²) in [4.78, 5) is 12.3. The van der Waals surface area contributed by atoms with Crippen molar-refractivity contribution >= 4 is 16.8 Å². The number of nitrogens with zero attached hydrogens (tertiary/aromatic N) is 1. The maximum atomic E-state index is 12.3. The van der Waals surface area contributed by atoms with Crippen LogP contribution in [0.4, 0.5) is 0 Å². The summed E-state index contributed by atoms with van der Waals surface area (Å²) >= 11 is 0. The van der Waals surface area contributed by atoms with E-state index in [4.69, 9.17) is 0 Å². The summed E-state index contributed by atoms with van der Waals surface area (Å²) in [5.41, 5.74) is 2.37. The molecule has 0 saturated heterocycles. The largest absolute Gasteiger partial charge is 0.352 e. The van der Waals surface area contributed by atoms with E-state index in [-0.39, 0.29) is 5.91 Å². The number of carbonyl (C=O) groups excluding carboxylic acids is 1. The molecule has 3 rings (SSSR count). The van der Waals surface area contributed by atoms with Gasteiger partial charge in [0.15, 0.2) is 0 Å². The van der Waals surface area contributed by atoms with Crippen molar-refractivity contribution in [1.82, 2.24) is 9.88 Å². The van der Waals surface area contributed by atoms with E-state index in [0.29, 0.717) is 12.6 Å². The molecule has 1 aliphatic carbocycles. The van der Waals surface area contributed by atoms with Crippen LogP contribution in [-0.2, 0) is 11.3 Å². The SMILES string of the molecule is Cc1ccc2ccn(CC(=O)NC3CCCCCC3)c2c1. The first kappa shape index (κ1) is 14.2. The Morgan fingerprint density at radius 3 is 2.71 bits per heavy atom. The zero-order valence-corrected chi connectivity index (χ0v) is 12.8. The molecule has 3 nitrogen and oxygen atoms in total. The summed E-state index contributed by atoms with van der Waals surface area (Å²) in [7, 11) is 0. The average Bonchev–Trinajstić information content (AvgIpc) is 2.68. The van der Waals surface area contributed by atoms with Crippen molar-refractivity contribution in [3.05, 3.63) is 36.0 Å². The quantitative estimate of drug-likeness (QED) is 0.855. The van der Waals surface area contributed by atoms with Gasteiger partial charge >= 0.3 is 0 Å². The molecule has 1 aromatic heterocycles. The zero-order chi connectivity index (χ0) is 14.7. The lowest BCUT2D eigenvalue weighted by Gasteiger charge is -2.16. The van der Waals surface area contributed by atoms with Gasteiger partial charge < -0.3 is 9.88 Å². The predicted octanol–water partition coefficient (Wildman–Crippen LogP) is 3.79. The van der Waals surface area contributed by atoms with Crippen molar-refractivity contribution in [3.63, 3.8) is 0 Å². The van der Waals surface area contributed by atoms with Gasteiger partial charge in [0.25, 0.3) is 0 Å². The van der Waals surface area contributed by atoms with Gasteiger partial charge in [-0.1, -0.05) is 37.8 Å². The molecular formula is C18H24N2O. The summed E-state index contributed by atoms with van der Waals surface area (Å²) < 4.78 is 2.05. The molecule has 1 amide bonds. The lowest BCUT2D eigenvalue weighted by atomic mass is 10.1. The molecule has 0 radical (unpaired) electrons. The van der Waals surface area contributed by atoms with Gasteiger partial charge in [0, 0.05) is 17.8 Å². The first-order valence-corrected chi connectivity index (χ1v) is 8.07. The molecule has 0 unspecified atom stereocenters. The number of hydrogen-bond acceptors (Lipinski definition) is 1. The Bertz CT molecular complexity index is 621. The smallest absolute Gasteiger partial charge is 0.240 e. The normalized spacial score (nSPS) is 16.8. The lowest BCUT2D eigenvalue weighted by Crippen LogP contribution is -2.36. The molecule has 21 heavy (non-hydrogen) atoms. The standard InChI is InChI=1S/C18H24N2O/c1-14-8-9-15-10-11-20(17(15)12-14)13-18(21)19-16-6-4-2-3-5-7-16/h8-12,16H,2-7,13H2,1H3,(H,19,21). The summed E-state index contributed by atoms with van der Waals surface area (Å²) in [5.74, 6) is 0.140. The van der Waals surface area contributed by atoms with E-state index < -0.39 is 0 Å². The van der Waals surface area contributed by atoms with Crippen LogP contribution in [0, 0.1) is 6.92 Å². The highest BCUT2D eigenvalue weighted by molar-refractivity contribution is 5.83. The van der Waals surface area contributed by atoms with Gasteiger partial charge in [-0.15, -0.1) is 0 Å². The van der Waals surface area contributed by atoms with Crippen LogP contribution in [0.5, 0.6) is 0 Å². The van der Waals surface area contributed by atoms with Crippen LogP contribution in [0.3, 0.4) is 0 Å². The van der Waals surface area contributed by atoms with Crippen molar-refractivity contribution < 1.29 is 4.79 Å². The van der Waals surface area contributed by atoms with E-state index in [1.165, 1.54) is 36.6 Å². The molecule has 0 atom stereocenters. The molecule has 1 fully saturated rings. The van der Waals surface area contributed by atoms with Crippen molar-refractivity contribution in [1.29, 1.82) is 0 Å².